The molecule has 0 aliphatic carbocycles. The van der Waals surface area contributed by atoms with Crippen LogP contribution in [0.25, 0.3) is 0 Å². The molecule has 1 aromatic heterocycles. The van der Waals surface area contributed by atoms with Crippen molar-refractivity contribution in [3.05, 3.63) is 84.1 Å². The van der Waals surface area contributed by atoms with Gasteiger partial charge in [0.1, 0.15) is 17.3 Å². The highest BCUT2D eigenvalue weighted by Gasteiger charge is 2.32. The molecule has 4 rings (SSSR count). The van der Waals surface area contributed by atoms with E-state index in [-0.39, 0.29) is 11.8 Å². The molecule has 130 valence electrons. The molecule has 2 heterocycles. The number of pyridine rings is 1. The number of aromatic nitrogens is 1. The fourth-order valence-electron chi connectivity index (χ4n) is 3.25. The van der Waals surface area contributed by atoms with E-state index in [9.17, 15) is 5.11 Å². The lowest BCUT2D eigenvalue weighted by Gasteiger charge is -2.24. The summed E-state index contributed by atoms with van der Waals surface area (Å²) < 4.78 is 5.56. The van der Waals surface area contributed by atoms with Gasteiger partial charge in [0.15, 0.2) is 0 Å². The van der Waals surface area contributed by atoms with Crippen molar-refractivity contribution in [1.82, 2.24) is 4.98 Å². The third-order valence-electron chi connectivity index (χ3n) is 4.47. The Morgan fingerprint density at radius 2 is 1.88 bits per heavy atom. The maximum absolute atomic E-state index is 9.82. The molecule has 1 unspecified atom stereocenters. The Morgan fingerprint density at radius 3 is 2.65 bits per heavy atom. The molecule has 0 fully saturated rings. The number of methoxy groups -OCH3 is 1. The average molecular weight is 345 g/mol. The Kier molecular flexibility index (Phi) is 4.27. The van der Waals surface area contributed by atoms with Crippen molar-refractivity contribution >= 4 is 11.5 Å². The minimum Gasteiger partial charge on any atom is -0.508 e. The molecule has 0 bridgehead atoms. The quantitative estimate of drug-likeness (QED) is 0.772. The average Bonchev–Trinajstić information content (AvgIpc) is 3.14. The third-order valence-corrected chi connectivity index (χ3v) is 4.47. The lowest BCUT2D eigenvalue weighted by atomic mass is 9.97. The Balaban J connectivity index is 1.79. The molecule has 1 N–H and O–H groups in total. The lowest BCUT2D eigenvalue weighted by molar-refractivity contribution is 0.405. The fourth-order valence-corrected chi connectivity index (χ4v) is 3.25. The van der Waals surface area contributed by atoms with Gasteiger partial charge in [-0.25, -0.2) is 9.99 Å². The summed E-state index contributed by atoms with van der Waals surface area (Å²) in [7, 11) is 1.68. The largest absolute Gasteiger partial charge is 0.508 e. The number of hydrogen-bond donors (Lipinski definition) is 1. The van der Waals surface area contributed by atoms with Gasteiger partial charge in [-0.05, 0) is 30.3 Å². The number of para-hydroxylation sites is 1. The number of hydrazone groups is 1. The van der Waals surface area contributed by atoms with E-state index in [1.807, 2.05) is 53.5 Å². The van der Waals surface area contributed by atoms with Crippen molar-refractivity contribution in [1.29, 1.82) is 0 Å². The van der Waals surface area contributed by atoms with Crippen LogP contribution in [0.5, 0.6) is 11.5 Å². The molecule has 5 heteroatoms. The van der Waals surface area contributed by atoms with E-state index in [0.717, 1.165) is 28.4 Å². The van der Waals surface area contributed by atoms with Crippen LogP contribution < -0.4 is 9.75 Å². The van der Waals surface area contributed by atoms with Gasteiger partial charge >= 0.3 is 0 Å². The van der Waals surface area contributed by atoms with Gasteiger partial charge in [-0.3, -0.25) is 0 Å². The number of aromatic hydroxyl groups is 1. The predicted molar refractivity (Wildman–Crippen MR) is 102 cm³/mol. The van der Waals surface area contributed by atoms with E-state index in [2.05, 4.69) is 11.1 Å². The molecular weight excluding hydrogens is 326 g/mol. The molecule has 2 aromatic carbocycles. The van der Waals surface area contributed by atoms with Gasteiger partial charge < -0.3 is 9.84 Å². The van der Waals surface area contributed by atoms with Gasteiger partial charge in [-0.2, -0.15) is 5.10 Å². The number of phenols is 1. The highest BCUT2D eigenvalue weighted by Crippen LogP contribution is 2.39. The zero-order chi connectivity index (χ0) is 17.9. The third kappa shape index (κ3) is 2.99. The van der Waals surface area contributed by atoms with Crippen LogP contribution in [0.15, 0.2) is 78.0 Å². The van der Waals surface area contributed by atoms with Crippen molar-refractivity contribution in [3.8, 4) is 11.5 Å². The van der Waals surface area contributed by atoms with E-state index < -0.39 is 0 Å². The van der Waals surface area contributed by atoms with Crippen molar-refractivity contribution in [2.45, 2.75) is 12.5 Å². The van der Waals surface area contributed by atoms with Crippen LogP contribution in [-0.2, 0) is 0 Å². The highest BCUT2D eigenvalue weighted by molar-refractivity contribution is 6.03. The minimum absolute atomic E-state index is 0.0293. The monoisotopic (exact) mass is 345 g/mol. The first kappa shape index (κ1) is 16.1. The van der Waals surface area contributed by atoms with Gasteiger partial charge in [0.25, 0.3) is 0 Å². The summed E-state index contributed by atoms with van der Waals surface area (Å²) in [4.78, 5) is 4.47. The SMILES string of the molecule is COc1ccccc1C1CC(c2cccc(O)c2)=NN1c1ccccn1. The number of ether oxygens (including phenoxy) is 1. The van der Waals surface area contributed by atoms with Gasteiger partial charge in [0.2, 0.25) is 0 Å². The Labute approximate surface area is 152 Å². The molecule has 5 nitrogen and oxygen atoms in total. The fraction of sp³-hybridized carbons (Fsp3) is 0.143. The van der Waals surface area contributed by atoms with Crippen LogP contribution >= 0.6 is 0 Å². The molecule has 26 heavy (non-hydrogen) atoms. The maximum atomic E-state index is 9.82. The van der Waals surface area contributed by atoms with E-state index in [0.29, 0.717) is 6.42 Å². The van der Waals surface area contributed by atoms with E-state index in [1.165, 1.54) is 0 Å². The number of anilines is 1. The van der Waals surface area contributed by atoms with Crippen LogP contribution in [0, 0.1) is 0 Å². The summed E-state index contributed by atoms with van der Waals surface area (Å²) >= 11 is 0. The number of phenolic OH excluding ortho intramolecular Hbond substituents is 1. The second-order valence-electron chi connectivity index (χ2n) is 6.09. The number of benzene rings is 2. The van der Waals surface area contributed by atoms with Crippen LogP contribution in [0.1, 0.15) is 23.6 Å². The van der Waals surface area contributed by atoms with Gasteiger partial charge in [-0.1, -0.05) is 36.4 Å². The molecule has 1 atom stereocenters. The molecular formula is C21H19N3O2. The minimum atomic E-state index is -0.0293. The molecule has 0 spiro atoms. The standard InChI is InChI=1S/C21H19N3O2/c1-26-20-10-3-2-9-17(20)19-14-18(15-7-6-8-16(25)13-15)23-24(19)21-11-4-5-12-22-21/h2-13,19,25H,14H2,1H3. The summed E-state index contributed by atoms with van der Waals surface area (Å²) in [6.07, 6.45) is 2.46. The molecule has 3 aromatic rings. The first-order chi connectivity index (χ1) is 12.8. The molecule has 0 saturated heterocycles. The number of hydrogen-bond acceptors (Lipinski definition) is 5. The van der Waals surface area contributed by atoms with Crippen LogP contribution in [0.2, 0.25) is 0 Å². The summed E-state index contributed by atoms with van der Waals surface area (Å²) in [5.74, 6) is 1.83. The van der Waals surface area contributed by atoms with Gasteiger partial charge in [-0.15, -0.1) is 0 Å². The normalized spacial score (nSPS) is 16.4. The summed E-state index contributed by atoms with van der Waals surface area (Å²) in [6.45, 7) is 0. The Bertz CT molecular complexity index is 941. The molecule has 0 amide bonds. The van der Waals surface area contributed by atoms with E-state index >= 15 is 0 Å². The van der Waals surface area contributed by atoms with Gasteiger partial charge in [0, 0.05) is 23.7 Å². The summed E-state index contributed by atoms with van der Waals surface area (Å²) in [5.41, 5.74) is 2.87. The summed E-state index contributed by atoms with van der Waals surface area (Å²) in [5, 5.41) is 16.6. The first-order valence-electron chi connectivity index (χ1n) is 8.46. The molecule has 0 radical (unpaired) electrons. The van der Waals surface area contributed by atoms with Crippen molar-refractivity contribution in [3.63, 3.8) is 0 Å². The zero-order valence-electron chi connectivity index (χ0n) is 14.4. The Morgan fingerprint density at radius 1 is 1.04 bits per heavy atom. The van der Waals surface area contributed by atoms with Crippen LogP contribution in [0.3, 0.4) is 0 Å². The van der Waals surface area contributed by atoms with Crippen molar-refractivity contribution < 1.29 is 9.84 Å². The first-order valence-corrected chi connectivity index (χ1v) is 8.46. The maximum Gasteiger partial charge on any atom is 0.149 e. The zero-order valence-corrected chi connectivity index (χ0v) is 14.4. The molecule has 0 saturated carbocycles. The van der Waals surface area contributed by atoms with Crippen molar-refractivity contribution in [2.24, 2.45) is 5.10 Å². The summed E-state index contributed by atoms with van der Waals surface area (Å²) in [6, 6.07) is 20.9. The van der Waals surface area contributed by atoms with Crippen LogP contribution in [-0.4, -0.2) is 22.9 Å². The van der Waals surface area contributed by atoms with E-state index in [1.54, 1.807) is 25.4 Å². The highest BCUT2D eigenvalue weighted by atomic mass is 16.5. The molecule has 1 aliphatic heterocycles. The van der Waals surface area contributed by atoms with Gasteiger partial charge in [0.05, 0.1) is 18.9 Å². The lowest BCUT2D eigenvalue weighted by Crippen LogP contribution is -2.20. The van der Waals surface area contributed by atoms with Crippen molar-refractivity contribution in [2.75, 3.05) is 12.1 Å². The molecule has 1 aliphatic rings. The number of rotatable bonds is 4. The number of nitrogens with zero attached hydrogens (tertiary/aromatic N) is 3. The smallest absolute Gasteiger partial charge is 0.149 e. The second-order valence-corrected chi connectivity index (χ2v) is 6.09. The van der Waals surface area contributed by atoms with E-state index in [4.69, 9.17) is 9.84 Å². The van der Waals surface area contributed by atoms with Crippen LogP contribution in [0.4, 0.5) is 5.82 Å². The second kappa shape index (κ2) is 6.88. The predicted octanol–water partition coefficient (Wildman–Crippen LogP) is 4.15. The Hall–Kier alpha value is -3.34. The topological polar surface area (TPSA) is 58.0 Å².